The van der Waals surface area contributed by atoms with E-state index in [0.29, 0.717) is 16.4 Å². The van der Waals surface area contributed by atoms with Crippen molar-refractivity contribution < 1.29 is 9.59 Å². The number of amides is 1. The van der Waals surface area contributed by atoms with E-state index in [0.717, 1.165) is 5.56 Å². The van der Waals surface area contributed by atoms with Crippen molar-refractivity contribution in [1.82, 2.24) is 4.98 Å². The molecule has 1 atom stereocenters. The Labute approximate surface area is 147 Å². The summed E-state index contributed by atoms with van der Waals surface area (Å²) in [6, 6.07) is 10.6. The lowest BCUT2D eigenvalue weighted by Crippen LogP contribution is -2.31. The summed E-state index contributed by atoms with van der Waals surface area (Å²) in [5, 5.41) is 0.526. The van der Waals surface area contributed by atoms with Gasteiger partial charge < -0.3 is 0 Å². The van der Waals surface area contributed by atoms with Crippen LogP contribution in [0.5, 0.6) is 0 Å². The summed E-state index contributed by atoms with van der Waals surface area (Å²) in [6.45, 7) is 5.58. The molecular formula is C19H21ClN2O2. The minimum absolute atomic E-state index is 0.0444. The van der Waals surface area contributed by atoms with Crippen molar-refractivity contribution in [3.63, 3.8) is 0 Å². The molecule has 0 saturated heterocycles. The Bertz CT molecular complexity index is 724. The van der Waals surface area contributed by atoms with E-state index in [4.69, 9.17) is 11.6 Å². The molecule has 0 aliphatic rings. The zero-order valence-electron chi connectivity index (χ0n) is 14.3. The summed E-state index contributed by atoms with van der Waals surface area (Å²) in [5.74, 6) is 0.186. The number of pyridine rings is 1. The van der Waals surface area contributed by atoms with Gasteiger partial charge in [-0.2, -0.15) is 0 Å². The Morgan fingerprint density at radius 1 is 1.04 bits per heavy atom. The zero-order chi connectivity index (χ0) is 17.9. The van der Waals surface area contributed by atoms with Gasteiger partial charge in [-0.3, -0.25) is 14.5 Å². The number of anilines is 1. The molecule has 1 heterocycles. The third-order valence-corrected chi connectivity index (χ3v) is 4.20. The molecule has 4 nitrogen and oxygen atoms in total. The lowest BCUT2D eigenvalue weighted by Gasteiger charge is -2.21. The van der Waals surface area contributed by atoms with Crippen molar-refractivity contribution in [2.24, 2.45) is 5.92 Å². The van der Waals surface area contributed by atoms with Gasteiger partial charge in [0.25, 0.3) is 0 Å². The van der Waals surface area contributed by atoms with Gasteiger partial charge in [0.1, 0.15) is 5.82 Å². The van der Waals surface area contributed by atoms with E-state index in [2.05, 4.69) is 4.98 Å². The second-order valence-electron chi connectivity index (χ2n) is 6.09. The van der Waals surface area contributed by atoms with Crippen LogP contribution in [0.3, 0.4) is 0 Å². The first-order valence-electron chi connectivity index (χ1n) is 7.84. The van der Waals surface area contributed by atoms with Gasteiger partial charge in [0.2, 0.25) is 5.91 Å². The minimum atomic E-state index is -0.337. The van der Waals surface area contributed by atoms with E-state index in [1.165, 1.54) is 11.1 Å². The topological polar surface area (TPSA) is 50.3 Å². The summed E-state index contributed by atoms with van der Waals surface area (Å²) in [6.07, 6.45) is 1.51. The molecule has 0 aliphatic carbocycles. The van der Waals surface area contributed by atoms with Crippen LogP contribution in [-0.2, 0) is 4.79 Å². The number of Topliss-reactive ketones (excluding diaryl/α,β-unsaturated/α-hetero) is 1. The van der Waals surface area contributed by atoms with Gasteiger partial charge >= 0.3 is 0 Å². The van der Waals surface area contributed by atoms with E-state index in [1.807, 2.05) is 32.9 Å². The Morgan fingerprint density at radius 3 is 2.17 bits per heavy atom. The van der Waals surface area contributed by atoms with Crippen molar-refractivity contribution in [2.75, 3.05) is 11.9 Å². The van der Waals surface area contributed by atoms with Gasteiger partial charge in [0.05, 0.1) is 10.9 Å². The quantitative estimate of drug-likeness (QED) is 0.758. The Morgan fingerprint density at radius 2 is 1.67 bits per heavy atom. The number of benzene rings is 1. The number of rotatable bonds is 5. The van der Waals surface area contributed by atoms with Crippen LogP contribution in [0.2, 0.25) is 5.02 Å². The highest BCUT2D eigenvalue weighted by atomic mass is 35.5. The van der Waals surface area contributed by atoms with Gasteiger partial charge in [-0.15, -0.1) is 0 Å². The zero-order valence-corrected chi connectivity index (χ0v) is 15.0. The van der Waals surface area contributed by atoms with E-state index < -0.39 is 0 Å². The maximum atomic E-state index is 12.6. The van der Waals surface area contributed by atoms with Gasteiger partial charge in [-0.1, -0.05) is 49.7 Å². The second-order valence-corrected chi connectivity index (χ2v) is 6.53. The number of aromatic nitrogens is 1. The number of carbonyl (C=O) groups is 2. The average Bonchev–Trinajstić information content (AvgIpc) is 2.60. The highest BCUT2D eigenvalue weighted by Gasteiger charge is 2.21. The molecule has 2 aromatic rings. The lowest BCUT2D eigenvalue weighted by atomic mass is 9.95. The fourth-order valence-electron chi connectivity index (χ4n) is 2.38. The van der Waals surface area contributed by atoms with E-state index in [-0.39, 0.29) is 23.5 Å². The van der Waals surface area contributed by atoms with Crippen LogP contribution in [0, 0.1) is 5.92 Å². The van der Waals surface area contributed by atoms with Gasteiger partial charge in [0.15, 0.2) is 5.78 Å². The number of ketones is 1. The molecule has 0 radical (unpaired) electrons. The standard InChI is InChI=1S/C19H21ClN2O2/c1-12(2)18(23)15-7-5-14(6-8-15)13(3)19(24)22(4)17-10-9-16(20)11-21-17/h5-13H,1-4H3. The molecule has 0 saturated carbocycles. The van der Waals surface area contributed by atoms with E-state index in [1.54, 1.807) is 31.3 Å². The number of hydrogen-bond donors (Lipinski definition) is 0. The first kappa shape index (κ1) is 18.1. The molecule has 0 N–H and O–H groups in total. The highest BCUT2D eigenvalue weighted by molar-refractivity contribution is 6.30. The Hall–Kier alpha value is -2.20. The predicted octanol–water partition coefficient (Wildman–Crippen LogP) is 4.34. The van der Waals surface area contributed by atoms with Crippen molar-refractivity contribution in [2.45, 2.75) is 26.7 Å². The van der Waals surface area contributed by atoms with Crippen molar-refractivity contribution in [3.05, 3.63) is 58.7 Å². The van der Waals surface area contributed by atoms with Crippen LogP contribution in [0.15, 0.2) is 42.6 Å². The summed E-state index contributed by atoms with van der Waals surface area (Å²) in [7, 11) is 1.69. The fraction of sp³-hybridized carbons (Fsp3) is 0.316. The van der Waals surface area contributed by atoms with E-state index >= 15 is 0 Å². The molecular weight excluding hydrogens is 324 g/mol. The first-order valence-corrected chi connectivity index (χ1v) is 8.22. The van der Waals surface area contributed by atoms with Crippen LogP contribution in [0.25, 0.3) is 0 Å². The summed E-state index contributed by atoms with van der Waals surface area (Å²) in [5.41, 5.74) is 1.53. The molecule has 0 fully saturated rings. The third-order valence-electron chi connectivity index (χ3n) is 3.98. The highest BCUT2D eigenvalue weighted by Crippen LogP contribution is 2.22. The van der Waals surface area contributed by atoms with Crippen molar-refractivity contribution in [1.29, 1.82) is 0 Å². The maximum absolute atomic E-state index is 12.6. The summed E-state index contributed by atoms with van der Waals surface area (Å²) >= 11 is 5.82. The van der Waals surface area contributed by atoms with Crippen LogP contribution < -0.4 is 4.90 Å². The van der Waals surface area contributed by atoms with Crippen LogP contribution in [0.4, 0.5) is 5.82 Å². The molecule has 126 valence electrons. The van der Waals surface area contributed by atoms with E-state index in [9.17, 15) is 9.59 Å². The lowest BCUT2D eigenvalue weighted by molar-refractivity contribution is -0.119. The molecule has 24 heavy (non-hydrogen) atoms. The van der Waals surface area contributed by atoms with Gasteiger partial charge in [-0.25, -0.2) is 4.98 Å². The van der Waals surface area contributed by atoms with Gasteiger partial charge in [0, 0.05) is 24.7 Å². The molecule has 0 spiro atoms. The number of carbonyl (C=O) groups excluding carboxylic acids is 2. The van der Waals surface area contributed by atoms with Crippen molar-refractivity contribution in [3.8, 4) is 0 Å². The largest absolute Gasteiger partial charge is 0.299 e. The van der Waals surface area contributed by atoms with Crippen molar-refractivity contribution >= 4 is 29.1 Å². The number of hydrogen-bond acceptors (Lipinski definition) is 3. The predicted molar refractivity (Wildman–Crippen MR) is 96.7 cm³/mol. The van der Waals surface area contributed by atoms with Crippen LogP contribution >= 0.6 is 11.6 Å². The molecule has 1 unspecified atom stereocenters. The smallest absolute Gasteiger partial charge is 0.235 e. The normalized spacial score (nSPS) is 12.1. The SMILES string of the molecule is CC(C)C(=O)c1ccc(C(C)C(=O)N(C)c2ccc(Cl)cn2)cc1. The summed E-state index contributed by atoms with van der Waals surface area (Å²) < 4.78 is 0. The fourth-order valence-corrected chi connectivity index (χ4v) is 2.49. The second kappa shape index (κ2) is 7.58. The maximum Gasteiger partial charge on any atom is 0.235 e. The summed E-state index contributed by atoms with van der Waals surface area (Å²) in [4.78, 5) is 30.3. The molecule has 1 aromatic heterocycles. The van der Waals surface area contributed by atoms with Crippen LogP contribution in [-0.4, -0.2) is 23.7 Å². The first-order chi connectivity index (χ1) is 11.3. The Kier molecular flexibility index (Phi) is 5.73. The molecule has 5 heteroatoms. The van der Waals surface area contributed by atoms with Gasteiger partial charge in [-0.05, 0) is 24.6 Å². The minimum Gasteiger partial charge on any atom is -0.299 e. The molecule has 0 bridgehead atoms. The molecule has 2 rings (SSSR count). The molecule has 1 aromatic carbocycles. The Balaban J connectivity index is 2.15. The number of likely N-dealkylation sites (N-methyl/N-ethyl adjacent to an activating group) is 1. The number of halogens is 1. The average molecular weight is 345 g/mol. The molecule has 1 amide bonds. The number of nitrogens with zero attached hydrogens (tertiary/aromatic N) is 2. The third kappa shape index (κ3) is 4.01. The molecule has 0 aliphatic heterocycles. The monoisotopic (exact) mass is 344 g/mol. The van der Waals surface area contributed by atoms with Crippen LogP contribution in [0.1, 0.15) is 42.6 Å².